The van der Waals surface area contributed by atoms with Gasteiger partial charge in [0, 0.05) is 44.9 Å². The summed E-state index contributed by atoms with van der Waals surface area (Å²) in [4.78, 5) is 38.5. The number of anilines is 2. The molecule has 3 rings (SSSR count). The number of ether oxygens (including phenoxy) is 1. The number of piperazine rings is 1. The molecule has 0 aromatic heterocycles. The molecule has 1 aromatic rings. The average Bonchev–Trinajstić information content (AvgIpc) is 2.62. The molecule has 1 saturated heterocycles. The quantitative estimate of drug-likeness (QED) is 0.606. The first-order valence-corrected chi connectivity index (χ1v) is 8.13. The first-order chi connectivity index (χ1) is 12.0. The van der Waals surface area contributed by atoms with Crippen molar-refractivity contribution < 1.29 is 19.1 Å². The summed E-state index contributed by atoms with van der Waals surface area (Å²) in [6, 6.07) is 5.60. The van der Waals surface area contributed by atoms with Crippen LogP contribution in [0.15, 0.2) is 18.2 Å². The second-order valence-electron chi connectivity index (χ2n) is 5.89. The van der Waals surface area contributed by atoms with Gasteiger partial charge < -0.3 is 15.0 Å². The monoisotopic (exact) mass is 347 g/mol. The van der Waals surface area contributed by atoms with Gasteiger partial charge in [-0.2, -0.15) is 0 Å². The molecule has 9 heteroatoms. The Bertz CT molecular complexity index is 687. The van der Waals surface area contributed by atoms with Gasteiger partial charge in [-0.05, 0) is 12.1 Å². The Morgan fingerprint density at radius 1 is 1.24 bits per heavy atom. The highest BCUT2D eigenvalue weighted by Crippen LogP contribution is 2.35. The number of fused-ring (bicyclic) bond motifs is 1. The molecule has 9 nitrogen and oxygen atoms in total. The number of carbonyl (C=O) groups is 3. The van der Waals surface area contributed by atoms with Crippen molar-refractivity contribution in [3.05, 3.63) is 18.2 Å². The maximum Gasteiger partial charge on any atom is 0.265 e. The second-order valence-corrected chi connectivity index (χ2v) is 5.89. The van der Waals surface area contributed by atoms with Crippen molar-refractivity contribution in [2.75, 3.05) is 49.1 Å². The third-order valence-electron chi connectivity index (χ3n) is 4.05. The maximum absolute atomic E-state index is 12.1. The number of amides is 3. The normalized spacial score (nSPS) is 16.8. The lowest BCUT2D eigenvalue weighted by Crippen LogP contribution is -2.49. The summed E-state index contributed by atoms with van der Waals surface area (Å²) < 4.78 is 5.54. The lowest BCUT2D eigenvalue weighted by atomic mass is 10.2. The molecule has 2 heterocycles. The van der Waals surface area contributed by atoms with E-state index in [-0.39, 0.29) is 25.0 Å². The highest BCUT2D eigenvalue weighted by Gasteiger charge is 2.28. The van der Waals surface area contributed by atoms with Crippen LogP contribution in [0.3, 0.4) is 0 Å². The van der Waals surface area contributed by atoms with Crippen LogP contribution in [-0.2, 0) is 14.4 Å². The minimum Gasteiger partial charge on any atom is -0.481 e. The van der Waals surface area contributed by atoms with E-state index >= 15 is 0 Å². The number of carbonyl (C=O) groups excluding carboxylic acids is 3. The van der Waals surface area contributed by atoms with Crippen molar-refractivity contribution in [2.24, 2.45) is 0 Å². The maximum atomic E-state index is 12.1. The fraction of sp³-hybridized carbons (Fsp3) is 0.438. The van der Waals surface area contributed by atoms with Gasteiger partial charge in [0.05, 0.1) is 5.69 Å². The summed E-state index contributed by atoms with van der Waals surface area (Å²) in [6.07, 6.45) is 0. The summed E-state index contributed by atoms with van der Waals surface area (Å²) in [7, 11) is 0. The largest absolute Gasteiger partial charge is 0.481 e. The highest BCUT2D eigenvalue weighted by molar-refractivity contribution is 6.02. The number of rotatable bonds is 3. The molecule has 0 radical (unpaired) electrons. The molecule has 0 aliphatic carbocycles. The molecule has 0 unspecified atom stereocenters. The van der Waals surface area contributed by atoms with Gasteiger partial charge in [-0.25, -0.2) is 0 Å². The fourth-order valence-electron chi connectivity index (χ4n) is 2.83. The first kappa shape index (κ1) is 17.0. The third kappa shape index (κ3) is 4.00. The van der Waals surface area contributed by atoms with Gasteiger partial charge in [0.1, 0.15) is 12.3 Å². The van der Waals surface area contributed by atoms with Crippen LogP contribution in [-0.4, -0.2) is 57.1 Å². The van der Waals surface area contributed by atoms with Gasteiger partial charge in [-0.1, -0.05) is 0 Å². The second kappa shape index (κ2) is 7.39. The van der Waals surface area contributed by atoms with Crippen molar-refractivity contribution in [3.63, 3.8) is 0 Å². The average molecular weight is 347 g/mol. The van der Waals surface area contributed by atoms with Crippen molar-refractivity contribution in [1.82, 2.24) is 16.2 Å². The van der Waals surface area contributed by atoms with E-state index < -0.39 is 5.91 Å². The Labute approximate surface area is 145 Å². The molecule has 0 bridgehead atoms. The van der Waals surface area contributed by atoms with Crippen LogP contribution >= 0.6 is 0 Å². The lowest BCUT2D eigenvalue weighted by Gasteiger charge is -2.32. The van der Waals surface area contributed by atoms with E-state index in [2.05, 4.69) is 21.1 Å². The molecule has 1 aromatic carbocycles. The zero-order chi connectivity index (χ0) is 17.8. The van der Waals surface area contributed by atoms with Crippen LogP contribution in [0.2, 0.25) is 0 Å². The van der Waals surface area contributed by atoms with E-state index in [1.54, 1.807) is 6.07 Å². The third-order valence-corrected chi connectivity index (χ3v) is 4.05. The fourth-order valence-corrected chi connectivity index (χ4v) is 2.83. The number of hydrogen-bond acceptors (Lipinski definition) is 6. The van der Waals surface area contributed by atoms with E-state index in [4.69, 9.17) is 4.74 Å². The van der Waals surface area contributed by atoms with Gasteiger partial charge in [0.15, 0.2) is 6.61 Å². The number of hydrogen-bond donors (Lipinski definition) is 3. The van der Waals surface area contributed by atoms with Gasteiger partial charge in [-0.15, -0.1) is 0 Å². The summed E-state index contributed by atoms with van der Waals surface area (Å²) >= 11 is 0. The molecule has 2 aliphatic rings. The predicted molar refractivity (Wildman–Crippen MR) is 91.3 cm³/mol. The van der Waals surface area contributed by atoms with Crippen molar-refractivity contribution >= 4 is 29.1 Å². The number of benzene rings is 1. The van der Waals surface area contributed by atoms with Gasteiger partial charge in [0.25, 0.3) is 11.8 Å². The predicted octanol–water partition coefficient (Wildman–Crippen LogP) is -1.01. The van der Waals surface area contributed by atoms with Crippen molar-refractivity contribution in [1.29, 1.82) is 0 Å². The molecule has 134 valence electrons. The molecule has 0 spiro atoms. The van der Waals surface area contributed by atoms with Gasteiger partial charge in [-0.3, -0.25) is 30.1 Å². The van der Waals surface area contributed by atoms with Gasteiger partial charge in [0.2, 0.25) is 5.91 Å². The summed E-state index contributed by atoms with van der Waals surface area (Å²) in [5, 5.41) is 3.30. The van der Waals surface area contributed by atoms with E-state index in [1.165, 1.54) is 11.8 Å². The van der Waals surface area contributed by atoms with Crippen LogP contribution in [0.1, 0.15) is 6.92 Å². The Morgan fingerprint density at radius 2 is 2.00 bits per heavy atom. The Morgan fingerprint density at radius 3 is 2.72 bits per heavy atom. The minimum atomic E-state index is -0.484. The smallest absolute Gasteiger partial charge is 0.265 e. The summed E-state index contributed by atoms with van der Waals surface area (Å²) in [5.41, 5.74) is 6.04. The SMILES string of the molecule is CC(=O)NNC(=O)CN1C(=O)COc2cc(N3CCNCC3)ccc21. The molecular weight excluding hydrogens is 326 g/mol. The van der Waals surface area contributed by atoms with E-state index in [9.17, 15) is 14.4 Å². The number of hydrazine groups is 1. The lowest BCUT2D eigenvalue weighted by molar-refractivity contribution is -0.128. The van der Waals surface area contributed by atoms with Crippen LogP contribution in [0.4, 0.5) is 11.4 Å². The van der Waals surface area contributed by atoms with Crippen LogP contribution in [0.5, 0.6) is 5.75 Å². The molecule has 0 saturated carbocycles. The molecule has 1 fully saturated rings. The Kier molecular flexibility index (Phi) is 5.03. The topological polar surface area (TPSA) is 103 Å². The Hall–Kier alpha value is -2.81. The van der Waals surface area contributed by atoms with Crippen LogP contribution < -0.4 is 30.7 Å². The Balaban J connectivity index is 1.75. The zero-order valence-corrected chi connectivity index (χ0v) is 14.0. The molecule has 0 atom stereocenters. The molecule has 2 aliphatic heterocycles. The molecular formula is C16H21N5O4. The minimum absolute atomic E-state index is 0.120. The van der Waals surface area contributed by atoms with Crippen molar-refractivity contribution in [2.45, 2.75) is 6.92 Å². The van der Waals surface area contributed by atoms with E-state index in [0.717, 1.165) is 31.9 Å². The van der Waals surface area contributed by atoms with Gasteiger partial charge >= 0.3 is 0 Å². The molecule has 3 amide bonds. The van der Waals surface area contributed by atoms with Crippen LogP contribution in [0.25, 0.3) is 0 Å². The van der Waals surface area contributed by atoms with E-state index in [0.29, 0.717) is 11.4 Å². The molecule has 3 N–H and O–H groups in total. The van der Waals surface area contributed by atoms with E-state index in [1.807, 2.05) is 12.1 Å². The summed E-state index contributed by atoms with van der Waals surface area (Å²) in [6.45, 7) is 4.62. The summed E-state index contributed by atoms with van der Waals surface area (Å²) in [5.74, 6) is -0.603. The zero-order valence-electron chi connectivity index (χ0n) is 14.0. The number of nitrogens with one attached hydrogen (secondary N) is 3. The molecule has 25 heavy (non-hydrogen) atoms. The standard InChI is InChI=1S/C16H21N5O4/c1-11(22)18-19-15(23)9-21-13-3-2-12(20-6-4-17-5-7-20)8-14(13)25-10-16(21)24/h2-3,8,17H,4-7,9-10H2,1H3,(H,18,22)(H,19,23). The van der Waals surface area contributed by atoms with Crippen LogP contribution in [0, 0.1) is 0 Å². The first-order valence-electron chi connectivity index (χ1n) is 8.13. The number of nitrogens with zero attached hydrogens (tertiary/aromatic N) is 2. The van der Waals surface area contributed by atoms with Crippen molar-refractivity contribution in [3.8, 4) is 5.75 Å². The highest BCUT2D eigenvalue weighted by atomic mass is 16.5.